The third kappa shape index (κ3) is 3.93. The van der Waals surface area contributed by atoms with E-state index in [1.165, 1.54) is 0 Å². The summed E-state index contributed by atoms with van der Waals surface area (Å²) in [6, 6.07) is 7.85. The maximum Gasteiger partial charge on any atom is 0.322 e. The summed E-state index contributed by atoms with van der Waals surface area (Å²) < 4.78 is 5.80. The van der Waals surface area contributed by atoms with Crippen LogP contribution in [0.3, 0.4) is 0 Å². The summed E-state index contributed by atoms with van der Waals surface area (Å²) >= 11 is 0. The highest BCUT2D eigenvalue weighted by Crippen LogP contribution is 2.22. The molecule has 0 radical (unpaired) electrons. The van der Waals surface area contributed by atoms with Crippen LogP contribution >= 0.6 is 0 Å². The van der Waals surface area contributed by atoms with Gasteiger partial charge in [0.2, 0.25) is 0 Å². The van der Waals surface area contributed by atoms with Crippen molar-refractivity contribution >= 4 is 25.7 Å². The van der Waals surface area contributed by atoms with Crippen molar-refractivity contribution in [3.05, 3.63) is 29.8 Å². The van der Waals surface area contributed by atoms with Crippen LogP contribution in [0.5, 0.6) is 0 Å². The monoisotopic (exact) mass is 231 g/mol. The first-order valence-electron chi connectivity index (χ1n) is 6.03. The van der Waals surface area contributed by atoms with E-state index in [2.05, 4.69) is 13.6 Å². The second-order valence-electron chi connectivity index (χ2n) is 4.57. The molecule has 0 N–H and O–H groups in total. The molecule has 0 spiro atoms. The normalized spacial score (nSPS) is 9.88. The number of aldehydes is 1. The van der Waals surface area contributed by atoms with Gasteiger partial charge in [-0.1, -0.05) is 45.5 Å². The molecule has 0 fully saturated rings. The number of rotatable bonds is 6. The summed E-state index contributed by atoms with van der Waals surface area (Å²) in [5.41, 5.74) is 1.97. The lowest BCUT2D eigenvalue weighted by atomic mass is 9.66. The summed E-state index contributed by atoms with van der Waals surface area (Å²) in [6.45, 7) is 8.47. The second kappa shape index (κ2) is 6.50. The molecule has 90 valence electrons. The smallest absolute Gasteiger partial charge is 0.322 e. The first-order chi connectivity index (χ1) is 8.06. The van der Waals surface area contributed by atoms with Gasteiger partial charge in [0.15, 0.2) is 0 Å². The van der Waals surface area contributed by atoms with Crippen LogP contribution in [0.25, 0.3) is 0 Å². The van der Waals surface area contributed by atoms with Crippen molar-refractivity contribution in [1.82, 2.24) is 0 Å². The first kappa shape index (κ1) is 13.8. The third-order valence-electron chi connectivity index (χ3n) is 2.33. The zero-order chi connectivity index (χ0) is 12.8. The van der Waals surface area contributed by atoms with Crippen LogP contribution in [0.1, 0.15) is 5.56 Å². The van der Waals surface area contributed by atoms with Gasteiger partial charge in [-0.2, -0.15) is 0 Å². The molecule has 1 aromatic carbocycles. The van der Waals surface area contributed by atoms with Gasteiger partial charge in [-0.05, 0) is 11.6 Å². The van der Waals surface area contributed by atoms with Crippen molar-refractivity contribution in [3.8, 4) is 0 Å². The van der Waals surface area contributed by atoms with Crippen molar-refractivity contribution in [2.24, 2.45) is 0 Å². The van der Waals surface area contributed by atoms with Crippen molar-refractivity contribution < 1.29 is 9.55 Å². The van der Waals surface area contributed by atoms with E-state index >= 15 is 0 Å². The third-order valence-corrected chi connectivity index (χ3v) is 2.33. The minimum Gasteiger partial charge on any atom is -0.351 e. The van der Waals surface area contributed by atoms with E-state index in [1.54, 1.807) is 0 Å². The van der Waals surface area contributed by atoms with Gasteiger partial charge in [0.1, 0.15) is 6.29 Å². The number of benzene rings is 1. The molecule has 1 aromatic rings. The Bertz CT molecular complexity index is 369. The summed E-state index contributed by atoms with van der Waals surface area (Å²) in [5, 5.41) is 0. The Labute approximate surface area is 104 Å². The lowest BCUT2D eigenvalue weighted by Gasteiger charge is -2.30. The Morgan fingerprint density at radius 3 is 2.41 bits per heavy atom. The number of anilines is 1. The topological polar surface area (TPSA) is 29.5 Å². The predicted molar refractivity (Wildman–Crippen MR) is 74.7 cm³/mol. The van der Waals surface area contributed by atoms with Crippen LogP contribution in [-0.4, -0.2) is 20.0 Å². The molecule has 0 unspecified atom stereocenters. The Kier molecular flexibility index (Phi) is 5.29. The molecule has 5 heteroatoms. The predicted octanol–water partition coefficient (Wildman–Crippen LogP) is 2.67. The molecule has 3 nitrogen and oxygen atoms in total. The highest BCUT2D eigenvalue weighted by molar-refractivity contribution is 6.61. The lowest BCUT2D eigenvalue weighted by Crippen LogP contribution is -2.38. The molecule has 0 aliphatic rings. The van der Waals surface area contributed by atoms with Crippen LogP contribution < -0.4 is 4.97 Å². The SMILES string of the molecule is CB(C)ON(B(C)C)c1ccccc1CC=O. The van der Waals surface area contributed by atoms with E-state index in [-0.39, 0.29) is 13.8 Å². The van der Waals surface area contributed by atoms with Gasteiger partial charge >= 0.3 is 6.92 Å². The molecule has 0 aliphatic heterocycles. The maximum absolute atomic E-state index is 10.7. The Hall–Kier alpha value is -1.22. The number of carbonyl (C=O) groups excluding carboxylic acids is 1. The number of hydrogen-bond donors (Lipinski definition) is 0. The summed E-state index contributed by atoms with van der Waals surface area (Å²) in [6.07, 6.45) is 1.34. The van der Waals surface area contributed by atoms with Crippen LogP contribution in [0.4, 0.5) is 5.69 Å². The van der Waals surface area contributed by atoms with Gasteiger partial charge in [-0.25, -0.2) is 0 Å². The minimum absolute atomic E-state index is 0.113. The Morgan fingerprint density at radius 2 is 1.88 bits per heavy atom. The zero-order valence-electron chi connectivity index (χ0n) is 11.0. The number of para-hydroxylation sites is 1. The van der Waals surface area contributed by atoms with Crippen LogP contribution in [0, 0.1) is 0 Å². The van der Waals surface area contributed by atoms with Gasteiger partial charge in [0.05, 0.1) is 5.69 Å². The van der Waals surface area contributed by atoms with Crippen molar-refractivity contribution in [3.63, 3.8) is 0 Å². The standard InChI is InChI=1S/C12H19B2NO2/c1-13(2)15(17-14(3)4)12-8-6-5-7-11(12)9-10-16/h5-8,10H,9H2,1-4H3. The molecular weight excluding hydrogens is 212 g/mol. The van der Waals surface area contributed by atoms with E-state index in [9.17, 15) is 4.79 Å². The van der Waals surface area contributed by atoms with Crippen LogP contribution in [0.15, 0.2) is 24.3 Å². The highest BCUT2D eigenvalue weighted by Gasteiger charge is 2.19. The average molecular weight is 231 g/mol. The largest absolute Gasteiger partial charge is 0.351 e. The summed E-state index contributed by atoms with van der Waals surface area (Å²) in [7, 11) is 0. The highest BCUT2D eigenvalue weighted by atomic mass is 16.6. The molecule has 0 bridgehead atoms. The summed E-state index contributed by atoms with van der Waals surface area (Å²) in [4.78, 5) is 12.6. The van der Waals surface area contributed by atoms with E-state index in [0.717, 1.165) is 17.5 Å². The molecular formula is C12H19B2NO2. The Morgan fingerprint density at radius 1 is 1.24 bits per heavy atom. The minimum atomic E-state index is 0.113. The fraction of sp³-hybridized carbons (Fsp3) is 0.417. The Balaban J connectivity index is 3.04. The fourth-order valence-corrected chi connectivity index (χ4v) is 1.67. The number of hydrogen-bond acceptors (Lipinski definition) is 3. The fourth-order valence-electron chi connectivity index (χ4n) is 1.67. The molecule has 0 atom stereocenters. The molecule has 0 heterocycles. The second-order valence-corrected chi connectivity index (χ2v) is 4.57. The van der Waals surface area contributed by atoms with Gasteiger partial charge in [0.25, 0.3) is 6.85 Å². The van der Waals surface area contributed by atoms with Crippen molar-refractivity contribution in [2.45, 2.75) is 33.7 Å². The average Bonchev–Trinajstić information content (AvgIpc) is 2.27. The summed E-state index contributed by atoms with van der Waals surface area (Å²) in [5.74, 6) is 0. The quantitative estimate of drug-likeness (QED) is 0.428. The zero-order valence-corrected chi connectivity index (χ0v) is 11.0. The van der Waals surface area contributed by atoms with Gasteiger partial charge < -0.3 is 14.5 Å². The molecule has 17 heavy (non-hydrogen) atoms. The van der Waals surface area contributed by atoms with Crippen LogP contribution in [0.2, 0.25) is 27.3 Å². The molecule has 0 saturated carbocycles. The first-order valence-corrected chi connectivity index (χ1v) is 6.03. The maximum atomic E-state index is 10.7. The number of nitrogens with zero attached hydrogens (tertiary/aromatic N) is 1. The van der Waals surface area contributed by atoms with Crippen LogP contribution in [-0.2, 0) is 16.0 Å². The van der Waals surface area contributed by atoms with E-state index in [4.69, 9.17) is 4.76 Å². The van der Waals surface area contributed by atoms with Gasteiger partial charge in [-0.3, -0.25) is 0 Å². The van der Waals surface area contributed by atoms with Crippen molar-refractivity contribution in [2.75, 3.05) is 4.97 Å². The van der Waals surface area contributed by atoms with E-state index < -0.39 is 0 Å². The molecule has 0 saturated heterocycles. The molecule has 0 amide bonds. The molecule has 0 aliphatic carbocycles. The molecule has 0 aromatic heterocycles. The van der Waals surface area contributed by atoms with Gasteiger partial charge in [-0.15, -0.1) is 0 Å². The van der Waals surface area contributed by atoms with Crippen molar-refractivity contribution in [1.29, 1.82) is 0 Å². The van der Waals surface area contributed by atoms with E-state index in [0.29, 0.717) is 6.42 Å². The number of carbonyl (C=O) groups is 1. The van der Waals surface area contributed by atoms with E-state index in [1.807, 2.05) is 42.9 Å². The molecule has 1 rings (SSSR count). The lowest BCUT2D eigenvalue weighted by molar-refractivity contribution is -0.107. The van der Waals surface area contributed by atoms with Gasteiger partial charge in [0, 0.05) is 6.42 Å².